The van der Waals surface area contributed by atoms with Gasteiger partial charge in [0, 0.05) is 13.1 Å². The minimum absolute atomic E-state index is 0.0230. The maximum Gasteiger partial charge on any atom is 0.236 e. The van der Waals surface area contributed by atoms with Crippen LogP contribution < -0.4 is 5.32 Å². The van der Waals surface area contributed by atoms with Crippen molar-refractivity contribution < 1.29 is 19.7 Å². The van der Waals surface area contributed by atoms with E-state index in [4.69, 9.17) is 14.9 Å². The first-order chi connectivity index (χ1) is 7.27. The van der Waals surface area contributed by atoms with Crippen molar-refractivity contribution in [3.63, 3.8) is 0 Å². The van der Waals surface area contributed by atoms with Crippen LogP contribution in [0.1, 0.15) is 0 Å². The molecule has 1 amide bonds. The van der Waals surface area contributed by atoms with Gasteiger partial charge >= 0.3 is 0 Å². The lowest BCUT2D eigenvalue weighted by Gasteiger charge is -2.27. The van der Waals surface area contributed by atoms with Gasteiger partial charge in [0.25, 0.3) is 0 Å². The van der Waals surface area contributed by atoms with Gasteiger partial charge in [0.05, 0.1) is 39.0 Å². The predicted molar refractivity (Wildman–Crippen MR) is 53.4 cm³/mol. The lowest BCUT2D eigenvalue weighted by molar-refractivity contribution is -0.134. The third-order valence-corrected chi connectivity index (χ3v) is 2.35. The van der Waals surface area contributed by atoms with Crippen LogP contribution >= 0.6 is 0 Å². The number of carbonyl (C=O) groups is 1. The van der Waals surface area contributed by atoms with Crippen LogP contribution in [-0.4, -0.2) is 73.1 Å². The second kappa shape index (κ2) is 6.73. The Morgan fingerprint density at radius 2 is 1.93 bits per heavy atom. The molecule has 1 fully saturated rings. The summed E-state index contributed by atoms with van der Waals surface area (Å²) in [6.45, 7) is 2.18. The van der Waals surface area contributed by atoms with E-state index in [-0.39, 0.29) is 25.7 Å². The number of aliphatic hydroxyl groups is 2. The molecule has 1 rings (SSSR count). The molecule has 1 aliphatic heterocycles. The average Bonchev–Trinajstić information content (AvgIpc) is 2.31. The zero-order chi connectivity index (χ0) is 11.1. The van der Waals surface area contributed by atoms with Crippen LogP contribution in [0, 0.1) is 0 Å². The van der Waals surface area contributed by atoms with Crippen LogP contribution in [0.25, 0.3) is 0 Å². The summed E-state index contributed by atoms with van der Waals surface area (Å²) in [4.78, 5) is 13.3. The molecule has 0 aromatic rings. The fourth-order valence-electron chi connectivity index (χ4n) is 1.34. The van der Waals surface area contributed by atoms with Gasteiger partial charge in [-0.15, -0.1) is 0 Å². The van der Waals surface area contributed by atoms with Gasteiger partial charge in [0.15, 0.2) is 0 Å². The maximum atomic E-state index is 11.6. The highest BCUT2D eigenvalue weighted by atomic mass is 16.5. The van der Waals surface area contributed by atoms with Gasteiger partial charge < -0.3 is 25.2 Å². The SMILES string of the molecule is O=C(CNC(CO)CO)N1CCOCC1. The molecule has 0 aromatic carbocycles. The first kappa shape index (κ1) is 12.4. The average molecular weight is 218 g/mol. The summed E-state index contributed by atoms with van der Waals surface area (Å²) < 4.78 is 5.12. The zero-order valence-electron chi connectivity index (χ0n) is 8.69. The number of hydrogen-bond donors (Lipinski definition) is 3. The molecule has 88 valence electrons. The molecule has 6 nitrogen and oxygen atoms in total. The lowest BCUT2D eigenvalue weighted by Crippen LogP contribution is -2.47. The third-order valence-electron chi connectivity index (χ3n) is 2.35. The number of rotatable bonds is 5. The summed E-state index contributed by atoms with van der Waals surface area (Å²) in [5, 5.41) is 20.3. The Labute approximate surface area is 88.8 Å². The minimum Gasteiger partial charge on any atom is -0.395 e. The Morgan fingerprint density at radius 3 is 2.47 bits per heavy atom. The van der Waals surface area contributed by atoms with E-state index in [1.165, 1.54) is 0 Å². The van der Waals surface area contributed by atoms with E-state index in [9.17, 15) is 4.79 Å². The summed E-state index contributed by atoms with van der Waals surface area (Å²) in [5.41, 5.74) is 0. The molecule has 0 spiro atoms. The molecule has 0 radical (unpaired) electrons. The standard InChI is InChI=1S/C9H18N2O4/c12-6-8(7-13)10-5-9(14)11-1-3-15-4-2-11/h8,10,12-13H,1-7H2. The fraction of sp³-hybridized carbons (Fsp3) is 0.889. The molecule has 0 saturated carbocycles. The van der Waals surface area contributed by atoms with Crippen LogP contribution in [0.4, 0.5) is 0 Å². The number of carbonyl (C=O) groups excluding carboxylic acids is 1. The van der Waals surface area contributed by atoms with E-state index in [1.54, 1.807) is 4.90 Å². The summed E-state index contributed by atoms with van der Waals surface area (Å²) in [6.07, 6.45) is 0. The number of aliphatic hydroxyl groups excluding tert-OH is 2. The molecule has 3 N–H and O–H groups in total. The molecule has 0 unspecified atom stereocenters. The molecule has 6 heteroatoms. The molecular formula is C9H18N2O4. The van der Waals surface area contributed by atoms with Crippen LogP contribution in [0.5, 0.6) is 0 Å². The molecule has 0 atom stereocenters. The van der Waals surface area contributed by atoms with Gasteiger partial charge in [-0.25, -0.2) is 0 Å². The molecule has 15 heavy (non-hydrogen) atoms. The van der Waals surface area contributed by atoms with Gasteiger partial charge in [0.2, 0.25) is 5.91 Å². The summed E-state index contributed by atoms with van der Waals surface area (Å²) >= 11 is 0. The summed E-state index contributed by atoms with van der Waals surface area (Å²) in [5.74, 6) is -0.0230. The maximum absolute atomic E-state index is 11.6. The van der Waals surface area contributed by atoms with Crippen molar-refractivity contribution >= 4 is 5.91 Å². The van der Waals surface area contributed by atoms with E-state index in [2.05, 4.69) is 5.32 Å². The van der Waals surface area contributed by atoms with Crippen molar-refractivity contribution in [3.05, 3.63) is 0 Å². The topological polar surface area (TPSA) is 82.0 Å². The van der Waals surface area contributed by atoms with Gasteiger partial charge in [0.1, 0.15) is 0 Å². The number of nitrogens with zero attached hydrogens (tertiary/aromatic N) is 1. The number of morpholine rings is 1. The Kier molecular flexibility index (Phi) is 5.56. The normalized spacial score (nSPS) is 17.1. The van der Waals surface area contributed by atoms with Crippen molar-refractivity contribution in [2.75, 3.05) is 46.1 Å². The van der Waals surface area contributed by atoms with E-state index in [0.717, 1.165) is 0 Å². The third kappa shape index (κ3) is 4.13. The zero-order valence-corrected chi connectivity index (χ0v) is 8.69. The highest BCUT2D eigenvalue weighted by Crippen LogP contribution is 1.96. The van der Waals surface area contributed by atoms with Gasteiger partial charge in [-0.05, 0) is 0 Å². The number of nitrogens with one attached hydrogen (secondary N) is 1. The highest BCUT2D eigenvalue weighted by Gasteiger charge is 2.17. The van der Waals surface area contributed by atoms with Gasteiger partial charge in [-0.3, -0.25) is 4.79 Å². The first-order valence-corrected chi connectivity index (χ1v) is 5.08. The van der Waals surface area contributed by atoms with Crippen molar-refractivity contribution in [1.82, 2.24) is 10.2 Å². The van der Waals surface area contributed by atoms with Gasteiger partial charge in [-0.2, -0.15) is 0 Å². The second-order valence-electron chi connectivity index (χ2n) is 3.44. The molecular weight excluding hydrogens is 200 g/mol. The molecule has 1 heterocycles. The molecule has 1 aliphatic rings. The summed E-state index contributed by atoms with van der Waals surface area (Å²) in [6, 6.07) is -0.421. The van der Waals surface area contributed by atoms with Crippen LogP contribution in [0.2, 0.25) is 0 Å². The van der Waals surface area contributed by atoms with Crippen LogP contribution in [0.3, 0.4) is 0 Å². The Balaban J connectivity index is 2.22. The van der Waals surface area contributed by atoms with Crippen molar-refractivity contribution in [3.8, 4) is 0 Å². The van der Waals surface area contributed by atoms with E-state index in [0.29, 0.717) is 26.3 Å². The number of amides is 1. The molecule has 0 aromatic heterocycles. The minimum atomic E-state index is -0.421. The largest absolute Gasteiger partial charge is 0.395 e. The quantitative estimate of drug-likeness (QED) is 0.487. The van der Waals surface area contributed by atoms with Crippen molar-refractivity contribution in [2.45, 2.75) is 6.04 Å². The number of hydrogen-bond acceptors (Lipinski definition) is 5. The monoisotopic (exact) mass is 218 g/mol. The Bertz CT molecular complexity index is 191. The number of ether oxygens (including phenoxy) is 1. The van der Waals surface area contributed by atoms with E-state index >= 15 is 0 Å². The molecule has 0 aliphatic carbocycles. The van der Waals surface area contributed by atoms with Crippen LogP contribution in [-0.2, 0) is 9.53 Å². The fourth-order valence-corrected chi connectivity index (χ4v) is 1.34. The predicted octanol–water partition coefficient (Wildman–Crippen LogP) is -2.21. The summed E-state index contributed by atoms with van der Waals surface area (Å²) in [7, 11) is 0. The smallest absolute Gasteiger partial charge is 0.236 e. The van der Waals surface area contributed by atoms with Gasteiger partial charge in [-0.1, -0.05) is 0 Å². The lowest BCUT2D eigenvalue weighted by atomic mass is 10.3. The molecule has 1 saturated heterocycles. The van der Waals surface area contributed by atoms with E-state index in [1.807, 2.05) is 0 Å². The first-order valence-electron chi connectivity index (χ1n) is 5.08. The Morgan fingerprint density at radius 1 is 1.33 bits per heavy atom. The van der Waals surface area contributed by atoms with Crippen molar-refractivity contribution in [2.24, 2.45) is 0 Å². The molecule has 0 bridgehead atoms. The van der Waals surface area contributed by atoms with Crippen molar-refractivity contribution in [1.29, 1.82) is 0 Å². The second-order valence-corrected chi connectivity index (χ2v) is 3.44. The highest BCUT2D eigenvalue weighted by molar-refractivity contribution is 5.78. The van der Waals surface area contributed by atoms with E-state index < -0.39 is 6.04 Å². The van der Waals surface area contributed by atoms with Crippen LogP contribution in [0.15, 0.2) is 0 Å². The Hall–Kier alpha value is -0.690.